The van der Waals surface area contributed by atoms with E-state index in [1.165, 1.54) is 0 Å². The molecule has 5 heteroatoms. The number of hydrogen-bond acceptors (Lipinski definition) is 3. The fourth-order valence-corrected chi connectivity index (χ4v) is 2.18. The molecule has 1 N–H and O–H groups in total. The summed E-state index contributed by atoms with van der Waals surface area (Å²) in [5, 5.41) is 9.30. The molecule has 0 saturated heterocycles. The van der Waals surface area contributed by atoms with Gasteiger partial charge in [-0.15, -0.1) is 0 Å². The molecule has 0 aromatic heterocycles. The smallest absolute Gasteiger partial charge is 0.303 e. The molecular weight excluding hydrogens is 316 g/mol. The van der Waals surface area contributed by atoms with Gasteiger partial charge in [-0.05, 0) is 42.3 Å². The molecule has 122 valence electrons. The molecule has 0 unspecified atom stereocenters. The number of carboxylic acids is 1. The maximum atomic E-state index is 10.5. The molecule has 0 atom stereocenters. The van der Waals surface area contributed by atoms with Gasteiger partial charge in [-0.25, -0.2) is 0 Å². The molecule has 0 amide bonds. The SMILES string of the molecule is O=C(O)CCc1ccc(OCCCOc2cccc(Cl)c2)cc1. The molecule has 0 aliphatic heterocycles. The number of rotatable bonds is 9. The molecule has 0 fully saturated rings. The number of carbonyl (C=O) groups is 1. The first-order valence-corrected chi connectivity index (χ1v) is 7.83. The second-order valence-electron chi connectivity index (χ2n) is 5.05. The molecule has 0 aliphatic carbocycles. The lowest BCUT2D eigenvalue weighted by atomic mass is 10.1. The topological polar surface area (TPSA) is 55.8 Å². The lowest BCUT2D eigenvalue weighted by Crippen LogP contribution is -2.05. The van der Waals surface area contributed by atoms with Crippen LogP contribution in [0.25, 0.3) is 0 Å². The number of halogens is 1. The highest BCUT2D eigenvalue weighted by atomic mass is 35.5. The van der Waals surface area contributed by atoms with Gasteiger partial charge in [0.1, 0.15) is 11.5 Å². The zero-order valence-corrected chi connectivity index (χ0v) is 13.5. The Labute approximate surface area is 140 Å². The molecule has 0 spiro atoms. The molecule has 2 rings (SSSR count). The molecule has 2 aromatic carbocycles. The van der Waals surface area contributed by atoms with Crippen LogP contribution in [0.4, 0.5) is 0 Å². The van der Waals surface area contributed by atoms with Crippen LogP contribution in [-0.4, -0.2) is 24.3 Å². The van der Waals surface area contributed by atoms with Gasteiger partial charge in [0.25, 0.3) is 0 Å². The van der Waals surface area contributed by atoms with Gasteiger partial charge in [-0.3, -0.25) is 4.79 Å². The van der Waals surface area contributed by atoms with Crippen molar-refractivity contribution in [2.24, 2.45) is 0 Å². The van der Waals surface area contributed by atoms with Crippen molar-refractivity contribution in [2.75, 3.05) is 13.2 Å². The quantitative estimate of drug-likeness (QED) is 0.698. The van der Waals surface area contributed by atoms with Gasteiger partial charge in [0.2, 0.25) is 0 Å². The summed E-state index contributed by atoms with van der Waals surface area (Å²) in [4.78, 5) is 10.5. The predicted molar refractivity (Wildman–Crippen MR) is 89.5 cm³/mol. The minimum absolute atomic E-state index is 0.140. The predicted octanol–water partition coefficient (Wildman–Crippen LogP) is 4.21. The highest BCUT2D eigenvalue weighted by Gasteiger charge is 2.00. The molecule has 23 heavy (non-hydrogen) atoms. The number of hydrogen-bond donors (Lipinski definition) is 1. The number of aryl methyl sites for hydroxylation is 1. The Morgan fingerprint density at radius 3 is 2.35 bits per heavy atom. The third kappa shape index (κ3) is 6.61. The van der Waals surface area contributed by atoms with Crippen molar-refractivity contribution in [3.05, 3.63) is 59.1 Å². The van der Waals surface area contributed by atoms with Crippen molar-refractivity contribution in [2.45, 2.75) is 19.3 Å². The molecular formula is C18H19ClO4. The standard InChI is InChI=1S/C18H19ClO4/c19-15-3-1-4-17(13-15)23-12-2-11-22-16-8-5-14(6-9-16)7-10-18(20)21/h1,3-6,8-9,13H,2,7,10-12H2,(H,20,21). The van der Waals surface area contributed by atoms with Crippen molar-refractivity contribution in [3.8, 4) is 11.5 Å². The average molecular weight is 335 g/mol. The monoisotopic (exact) mass is 334 g/mol. The number of aliphatic carboxylic acids is 1. The summed E-state index contributed by atoms with van der Waals surface area (Å²) in [5.41, 5.74) is 0.990. The van der Waals surface area contributed by atoms with Gasteiger partial charge in [-0.1, -0.05) is 29.8 Å². The van der Waals surface area contributed by atoms with E-state index in [-0.39, 0.29) is 6.42 Å². The Bertz CT molecular complexity index is 625. The highest BCUT2D eigenvalue weighted by molar-refractivity contribution is 6.30. The lowest BCUT2D eigenvalue weighted by Gasteiger charge is -2.09. The Kier molecular flexibility index (Phi) is 6.76. The number of benzene rings is 2. The van der Waals surface area contributed by atoms with Gasteiger partial charge in [0, 0.05) is 17.9 Å². The maximum absolute atomic E-state index is 10.5. The summed E-state index contributed by atoms with van der Waals surface area (Å²) in [6.07, 6.45) is 1.43. The van der Waals surface area contributed by atoms with Crippen LogP contribution in [0.15, 0.2) is 48.5 Å². The second-order valence-corrected chi connectivity index (χ2v) is 5.48. The Balaban J connectivity index is 1.65. The summed E-state index contributed by atoms with van der Waals surface area (Å²) >= 11 is 5.88. The minimum Gasteiger partial charge on any atom is -0.493 e. The minimum atomic E-state index is -0.787. The number of carboxylic acid groups (broad SMARTS) is 1. The third-order valence-corrected chi connectivity index (χ3v) is 3.41. The summed E-state index contributed by atoms with van der Waals surface area (Å²) < 4.78 is 11.2. The first-order chi connectivity index (χ1) is 11.1. The van der Waals surface area contributed by atoms with Crippen molar-refractivity contribution in [1.82, 2.24) is 0 Å². The first-order valence-electron chi connectivity index (χ1n) is 7.45. The van der Waals surface area contributed by atoms with E-state index >= 15 is 0 Å². The first kappa shape index (κ1) is 17.2. The van der Waals surface area contributed by atoms with Crippen LogP contribution < -0.4 is 9.47 Å². The molecule has 0 heterocycles. The van der Waals surface area contributed by atoms with Crippen LogP contribution >= 0.6 is 11.6 Å². The fraction of sp³-hybridized carbons (Fsp3) is 0.278. The van der Waals surface area contributed by atoms with Crippen LogP contribution in [0.3, 0.4) is 0 Å². The van der Waals surface area contributed by atoms with Crippen molar-refractivity contribution >= 4 is 17.6 Å². The van der Waals surface area contributed by atoms with Gasteiger partial charge in [-0.2, -0.15) is 0 Å². The van der Waals surface area contributed by atoms with Crippen LogP contribution in [0.2, 0.25) is 5.02 Å². The van der Waals surface area contributed by atoms with E-state index in [0.717, 1.165) is 23.5 Å². The van der Waals surface area contributed by atoms with Crippen molar-refractivity contribution in [3.63, 3.8) is 0 Å². The van der Waals surface area contributed by atoms with E-state index in [4.69, 9.17) is 26.2 Å². The van der Waals surface area contributed by atoms with E-state index in [0.29, 0.717) is 24.7 Å². The molecule has 2 aromatic rings. The number of ether oxygens (including phenoxy) is 2. The van der Waals surface area contributed by atoms with Crippen LogP contribution in [0, 0.1) is 0 Å². The summed E-state index contributed by atoms with van der Waals surface area (Å²) in [7, 11) is 0. The van der Waals surface area contributed by atoms with Crippen molar-refractivity contribution < 1.29 is 19.4 Å². The largest absolute Gasteiger partial charge is 0.493 e. The second kappa shape index (κ2) is 9.06. The van der Waals surface area contributed by atoms with E-state index in [9.17, 15) is 4.79 Å². The maximum Gasteiger partial charge on any atom is 0.303 e. The van der Waals surface area contributed by atoms with E-state index in [2.05, 4.69) is 0 Å². The zero-order chi connectivity index (χ0) is 16.5. The van der Waals surface area contributed by atoms with E-state index < -0.39 is 5.97 Å². The average Bonchev–Trinajstić information content (AvgIpc) is 2.54. The molecule has 0 saturated carbocycles. The van der Waals surface area contributed by atoms with Crippen LogP contribution in [0.1, 0.15) is 18.4 Å². The van der Waals surface area contributed by atoms with Crippen molar-refractivity contribution in [1.29, 1.82) is 0 Å². The summed E-state index contributed by atoms with van der Waals surface area (Å²) in [6.45, 7) is 1.10. The Hall–Kier alpha value is -2.20. The third-order valence-electron chi connectivity index (χ3n) is 3.17. The molecule has 0 radical (unpaired) electrons. The van der Waals surface area contributed by atoms with Gasteiger partial charge >= 0.3 is 5.97 Å². The summed E-state index contributed by atoms with van der Waals surface area (Å²) in [5.74, 6) is 0.733. The lowest BCUT2D eigenvalue weighted by molar-refractivity contribution is -0.136. The normalized spacial score (nSPS) is 10.3. The van der Waals surface area contributed by atoms with Crippen LogP contribution in [-0.2, 0) is 11.2 Å². The summed E-state index contributed by atoms with van der Waals surface area (Å²) in [6, 6.07) is 14.8. The van der Waals surface area contributed by atoms with E-state index in [1.54, 1.807) is 12.1 Å². The van der Waals surface area contributed by atoms with Gasteiger partial charge in [0.05, 0.1) is 13.2 Å². The fourth-order valence-electron chi connectivity index (χ4n) is 2.00. The zero-order valence-electron chi connectivity index (χ0n) is 12.7. The van der Waals surface area contributed by atoms with Crippen LogP contribution in [0.5, 0.6) is 11.5 Å². The molecule has 4 nitrogen and oxygen atoms in total. The highest BCUT2D eigenvalue weighted by Crippen LogP contribution is 2.17. The molecule has 0 aliphatic rings. The van der Waals surface area contributed by atoms with E-state index in [1.807, 2.05) is 36.4 Å². The Morgan fingerprint density at radius 1 is 1.00 bits per heavy atom. The Morgan fingerprint density at radius 2 is 1.70 bits per heavy atom. The van der Waals surface area contributed by atoms with Gasteiger partial charge < -0.3 is 14.6 Å². The van der Waals surface area contributed by atoms with Gasteiger partial charge in [0.15, 0.2) is 0 Å². The molecule has 0 bridgehead atoms.